The molecule has 126 valence electrons. The molecule has 0 spiro atoms. The first-order valence-corrected chi connectivity index (χ1v) is 7.87. The second-order valence-electron chi connectivity index (χ2n) is 5.65. The third kappa shape index (κ3) is 9.52. The van der Waals surface area contributed by atoms with Crippen molar-refractivity contribution in [2.45, 2.75) is 38.6 Å². The van der Waals surface area contributed by atoms with Crippen molar-refractivity contribution < 1.29 is 4.74 Å². The first-order chi connectivity index (χ1) is 9.69. The van der Waals surface area contributed by atoms with Crippen molar-refractivity contribution in [3.63, 3.8) is 0 Å². The van der Waals surface area contributed by atoms with Gasteiger partial charge in [0, 0.05) is 39.4 Å². The van der Waals surface area contributed by atoms with E-state index in [1.54, 1.807) is 0 Å². The van der Waals surface area contributed by atoms with Gasteiger partial charge in [0.2, 0.25) is 0 Å². The minimum absolute atomic E-state index is 0. The fourth-order valence-corrected chi connectivity index (χ4v) is 2.35. The van der Waals surface area contributed by atoms with Crippen LogP contribution in [0.4, 0.5) is 0 Å². The minimum Gasteiger partial charge on any atom is -0.382 e. The number of ether oxygens (including phenoxy) is 1. The lowest BCUT2D eigenvalue weighted by molar-refractivity contribution is 0.143. The second kappa shape index (κ2) is 12.5. The Morgan fingerprint density at radius 1 is 1.29 bits per heavy atom. The van der Waals surface area contributed by atoms with E-state index in [1.807, 2.05) is 14.0 Å². The van der Waals surface area contributed by atoms with Crippen molar-refractivity contribution in [2.75, 3.05) is 47.4 Å². The largest absolute Gasteiger partial charge is 0.382 e. The van der Waals surface area contributed by atoms with Crippen LogP contribution in [-0.2, 0) is 4.74 Å². The fourth-order valence-electron chi connectivity index (χ4n) is 2.35. The van der Waals surface area contributed by atoms with E-state index in [0.717, 1.165) is 51.0 Å². The van der Waals surface area contributed by atoms with Gasteiger partial charge in [-0.3, -0.25) is 4.99 Å². The van der Waals surface area contributed by atoms with Gasteiger partial charge in [-0.1, -0.05) is 0 Å². The van der Waals surface area contributed by atoms with Crippen LogP contribution in [0.1, 0.15) is 32.6 Å². The summed E-state index contributed by atoms with van der Waals surface area (Å²) in [5.41, 5.74) is 0. The average Bonchev–Trinajstić information content (AvgIpc) is 3.24. The molecule has 1 fully saturated rings. The molecule has 0 amide bonds. The Morgan fingerprint density at radius 2 is 2.00 bits per heavy atom. The molecule has 0 aromatic rings. The summed E-state index contributed by atoms with van der Waals surface area (Å²) in [7, 11) is 6.15. The first-order valence-electron chi connectivity index (χ1n) is 7.87. The molecule has 0 aromatic heterocycles. The molecule has 0 aromatic carbocycles. The van der Waals surface area contributed by atoms with Crippen LogP contribution in [-0.4, -0.2) is 64.3 Å². The minimum atomic E-state index is 0. The SMILES string of the molecule is CCOCCCCNC(=NC)NCC(C1CC1)N(C)C.I. The number of nitrogens with one attached hydrogen (secondary N) is 2. The van der Waals surface area contributed by atoms with Crippen LogP contribution in [0.15, 0.2) is 4.99 Å². The van der Waals surface area contributed by atoms with E-state index >= 15 is 0 Å². The lowest BCUT2D eigenvalue weighted by Gasteiger charge is -2.25. The molecule has 6 heteroatoms. The molecule has 1 atom stereocenters. The number of hydrogen-bond donors (Lipinski definition) is 2. The number of likely N-dealkylation sites (N-methyl/N-ethyl adjacent to an activating group) is 1. The Balaban J connectivity index is 0.00000400. The molecule has 1 aliphatic carbocycles. The number of nitrogens with zero attached hydrogens (tertiary/aromatic N) is 2. The lowest BCUT2D eigenvalue weighted by Crippen LogP contribution is -2.46. The first kappa shape index (κ1) is 20.9. The summed E-state index contributed by atoms with van der Waals surface area (Å²) in [5, 5.41) is 6.80. The molecule has 1 saturated carbocycles. The molecule has 1 unspecified atom stereocenters. The van der Waals surface area contributed by atoms with Crippen LogP contribution < -0.4 is 10.6 Å². The normalized spacial score (nSPS) is 16.5. The number of hydrogen-bond acceptors (Lipinski definition) is 3. The van der Waals surface area contributed by atoms with E-state index in [1.165, 1.54) is 12.8 Å². The van der Waals surface area contributed by atoms with Crippen molar-refractivity contribution in [1.82, 2.24) is 15.5 Å². The van der Waals surface area contributed by atoms with Gasteiger partial charge in [-0.2, -0.15) is 0 Å². The summed E-state index contributed by atoms with van der Waals surface area (Å²) >= 11 is 0. The molecule has 0 saturated heterocycles. The average molecular weight is 412 g/mol. The van der Waals surface area contributed by atoms with Crippen molar-refractivity contribution in [3.05, 3.63) is 0 Å². The zero-order valence-corrected chi connectivity index (χ0v) is 16.4. The van der Waals surface area contributed by atoms with Crippen LogP contribution in [0.3, 0.4) is 0 Å². The standard InChI is InChI=1S/C15H32N4O.HI/c1-5-20-11-7-6-10-17-15(16-2)18-12-14(19(3)4)13-8-9-13;/h13-14H,5-12H2,1-4H3,(H2,16,17,18);1H. The van der Waals surface area contributed by atoms with Gasteiger partial charge in [0.15, 0.2) is 5.96 Å². The third-order valence-corrected chi connectivity index (χ3v) is 3.74. The molecule has 0 heterocycles. The summed E-state index contributed by atoms with van der Waals surface area (Å²) in [6.45, 7) is 5.61. The van der Waals surface area contributed by atoms with Gasteiger partial charge in [0.05, 0.1) is 0 Å². The van der Waals surface area contributed by atoms with E-state index in [0.29, 0.717) is 6.04 Å². The van der Waals surface area contributed by atoms with Gasteiger partial charge in [0.1, 0.15) is 0 Å². The molecular formula is C15H33IN4O. The van der Waals surface area contributed by atoms with E-state index in [4.69, 9.17) is 4.74 Å². The fraction of sp³-hybridized carbons (Fsp3) is 0.933. The highest BCUT2D eigenvalue weighted by Gasteiger charge is 2.32. The van der Waals surface area contributed by atoms with E-state index in [-0.39, 0.29) is 24.0 Å². The predicted octanol–water partition coefficient (Wildman–Crippen LogP) is 1.93. The summed E-state index contributed by atoms with van der Waals surface area (Å²) < 4.78 is 5.33. The summed E-state index contributed by atoms with van der Waals surface area (Å²) in [6, 6.07) is 0.617. The quantitative estimate of drug-likeness (QED) is 0.249. The maximum absolute atomic E-state index is 5.33. The highest BCUT2D eigenvalue weighted by molar-refractivity contribution is 14.0. The third-order valence-electron chi connectivity index (χ3n) is 3.74. The Morgan fingerprint density at radius 3 is 2.52 bits per heavy atom. The zero-order chi connectivity index (χ0) is 14.8. The summed E-state index contributed by atoms with van der Waals surface area (Å²) in [6.07, 6.45) is 4.95. The Hall–Kier alpha value is -0.0800. The maximum Gasteiger partial charge on any atom is 0.191 e. The molecule has 0 bridgehead atoms. The van der Waals surface area contributed by atoms with Gasteiger partial charge < -0.3 is 20.3 Å². The van der Waals surface area contributed by atoms with Gasteiger partial charge >= 0.3 is 0 Å². The molecule has 1 aliphatic rings. The maximum atomic E-state index is 5.33. The molecule has 21 heavy (non-hydrogen) atoms. The van der Waals surface area contributed by atoms with Crippen LogP contribution >= 0.6 is 24.0 Å². The monoisotopic (exact) mass is 412 g/mol. The van der Waals surface area contributed by atoms with Gasteiger partial charge in [0.25, 0.3) is 0 Å². The molecule has 0 radical (unpaired) electrons. The number of aliphatic imine (C=N–C) groups is 1. The Labute approximate surface area is 147 Å². The van der Waals surface area contributed by atoms with Crippen LogP contribution in [0.25, 0.3) is 0 Å². The lowest BCUT2D eigenvalue weighted by atomic mass is 10.1. The smallest absolute Gasteiger partial charge is 0.191 e. The Bertz CT molecular complexity index is 281. The van der Waals surface area contributed by atoms with Gasteiger partial charge in [-0.15, -0.1) is 24.0 Å². The zero-order valence-electron chi connectivity index (χ0n) is 14.0. The van der Waals surface area contributed by atoms with Crippen molar-refractivity contribution in [2.24, 2.45) is 10.9 Å². The van der Waals surface area contributed by atoms with Gasteiger partial charge in [-0.25, -0.2) is 0 Å². The summed E-state index contributed by atoms with van der Waals surface area (Å²) in [5.74, 6) is 1.77. The number of guanidine groups is 1. The van der Waals surface area contributed by atoms with E-state index in [9.17, 15) is 0 Å². The topological polar surface area (TPSA) is 48.9 Å². The second-order valence-corrected chi connectivity index (χ2v) is 5.65. The van der Waals surface area contributed by atoms with Crippen molar-refractivity contribution in [3.8, 4) is 0 Å². The molecule has 2 N–H and O–H groups in total. The molecule has 1 rings (SSSR count). The van der Waals surface area contributed by atoms with E-state index in [2.05, 4.69) is 34.6 Å². The molecule has 0 aliphatic heterocycles. The van der Waals surface area contributed by atoms with Gasteiger partial charge in [-0.05, 0) is 52.6 Å². The summed E-state index contributed by atoms with van der Waals surface area (Å²) in [4.78, 5) is 6.60. The molecule has 5 nitrogen and oxygen atoms in total. The van der Waals surface area contributed by atoms with Crippen LogP contribution in [0.2, 0.25) is 0 Å². The number of unbranched alkanes of at least 4 members (excludes halogenated alkanes) is 1. The highest BCUT2D eigenvalue weighted by Crippen LogP contribution is 2.34. The van der Waals surface area contributed by atoms with Crippen LogP contribution in [0, 0.1) is 5.92 Å². The Kier molecular flexibility index (Phi) is 12.4. The van der Waals surface area contributed by atoms with Crippen LogP contribution in [0.5, 0.6) is 0 Å². The van der Waals surface area contributed by atoms with E-state index < -0.39 is 0 Å². The predicted molar refractivity (Wildman–Crippen MR) is 101 cm³/mol. The van der Waals surface area contributed by atoms with Crippen molar-refractivity contribution in [1.29, 1.82) is 0 Å². The van der Waals surface area contributed by atoms with Crippen molar-refractivity contribution >= 4 is 29.9 Å². The number of rotatable bonds is 10. The molecular weight excluding hydrogens is 379 g/mol. The number of halogens is 1. The highest BCUT2D eigenvalue weighted by atomic mass is 127.